The summed E-state index contributed by atoms with van der Waals surface area (Å²) < 4.78 is 40.6. The van der Waals surface area contributed by atoms with Crippen LogP contribution in [-0.2, 0) is 32.6 Å². The van der Waals surface area contributed by atoms with E-state index in [-0.39, 0.29) is 30.7 Å². The fraction of sp³-hybridized carbons (Fsp3) is 0.375. The Balaban J connectivity index is 2.03. The lowest BCUT2D eigenvalue weighted by Crippen LogP contribution is -2.53. The number of rotatable bonds is 13. The molecule has 220 valence electrons. The molecule has 9 heteroatoms. The highest BCUT2D eigenvalue weighted by Crippen LogP contribution is 2.23. The molecule has 0 fully saturated rings. The van der Waals surface area contributed by atoms with Gasteiger partial charge in [0.25, 0.3) is 0 Å². The lowest BCUT2D eigenvalue weighted by molar-refractivity contribution is -0.140. The SMILES string of the molecule is CC(C)CNC(=O)[C@H](Cc1ccccc1)N(Cc1ccc(F)cc1)C(=O)CN(c1ccc(C(C)C)cc1)S(C)(=O)=O. The Labute approximate surface area is 243 Å². The zero-order valence-electron chi connectivity index (χ0n) is 24.4. The predicted molar refractivity (Wildman–Crippen MR) is 161 cm³/mol. The van der Waals surface area contributed by atoms with E-state index >= 15 is 0 Å². The maximum atomic E-state index is 14.1. The molecule has 3 aromatic rings. The smallest absolute Gasteiger partial charge is 0.244 e. The molecule has 2 amide bonds. The standard InChI is InChI=1S/C32H40FN3O4S/c1-23(2)20-34-32(38)30(19-25-9-7-6-8-10-25)35(21-26-11-15-28(33)16-12-26)31(37)22-36(41(5,39)40)29-17-13-27(14-18-29)24(3)4/h6-18,23-24,30H,19-22H2,1-5H3,(H,34,38)/t30-/m0/s1. The Hall–Kier alpha value is -3.72. The number of amides is 2. The number of nitrogens with zero attached hydrogens (tertiary/aromatic N) is 2. The van der Waals surface area contributed by atoms with Crippen LogP contribution in [0.2, 0.25) is 0 Å². The Morgan fingerprint density at radius 1 is 0.854 bits per heavy atom. The third-order valence-electron chi connectivity index (χ3n) is 6.75. The first kappa shape index (κ1) is 31.8. The highest BCUT2D eigenvalue weighted by atomic mass is 32.2. The molecule has 0 saturated carbocycles. The average Bonchev–Trinajstić information content (AvgIpc) is 2.93. The van der Waals surface area contributed by atoms with Gasteiger partial charge >= 0.3 is 0 Å². The number of carbonyl (C=O) groups is 2. The van der Waals surface area contributed by atoms with Crippen LogP contribution in [0.4, 0.5) is 10.1 Å². The molecule has 0 bridgehead atoms. The van der Waals surface area contributed by atoms with Gasteiger partial charge < -0.3 is 10.2 Å². The maximum absolute atomic E-state index is 14.1. The number of carbonyl (C=O) groups excluding carboxylic acids is 2. The number of hydrogen-bond acceptors (Lipinski definition) is 4. The molecule has 0 heterocycles. The van der Waals surface area contributed by atoms with Gasteiger partial charge in [-0.05, 0) is 52.8 Å². The van der Waals surface area contributed by atoms with Gasteiger partial charge in [0, 0.05) is 19.5 Å². The van der Waals surface area contributed by atoms with E-state index < -0.39 is 34.3 Å². The molecule has 3 rings (SSSR count). The minimum Gasteiger partial charge on any atom is -0.354 e. The summed E-state index contributed by atoms with van der Waals surface area (Å²) in [5, 5.41) is 2.94. The number of benzene rings is 3. The van der Waals surface area contributed by atoms with Crippen LogP contribution >= 0.6 is 0 Å². The average molecular weight is 582 g/mol. The third-order valence-corrected chi connectivity index (χ3v) is 7.89. The van der Waals surface area contributed by atoms with Crippen molar-refractivity contribution in [1.29, 1.82) is 0 Å². The van der Waals surface area contributed by atoms with Gasteiger partial charge in [-0.25, -0.2) is 12.8 Å². The van der Waals surface area contributed by atoms with Gasteiger partial charge in [0.15, 0.2) is 0 Å². The highest BCUT2D eigenvalue weighted by Gasteiger charge is 2.33. The second-order valence-electron chi connectivity index (χ2n) is 11.0. The molecule has 7 nitrogen and oxygen atoms in total. The van der Waals surface area contributed by atoms with Crippen molar-refractivity contribution in [3.05, 3.63) is 101 Å². The summed E-state index contributed by atoms with van der Waals surface area (Å²) in [6.07, 6.45) is 1.28. The van der Waals surface area contributed by atoms with Crippen LogP contribution in [0.15, 0.2) is 78.9 Å². The van der Waals surface area contributed by atoms with E-state index in [4.69, 9.17) is 0 Å². The van der Waals surface area contributed by atoms with Gasteiger partial charge in [-0.3, -0.25) is 13.9 Å². The first-order valence-corrected chi connectivity index (χ1v) is 15.6. The van der Waals surface area contributed by atoms with E-state index in [0.29, 0.717) is 17.8 Å². The number of hydrogen-bond donors (Lipinski definition) is 1. The van der Waals surface area contributed by atoms with Crippen molar-refractivity contribution in [2.75, 3.05) is 23.7 Å². The Morgan fingerprint density at radius 2 is 1.46 bits per heavy atom. The van der Waals surface area contributed by atoms with Crippen LogP contribution in [-0.4, -0.2) is 50.5 Å². The predicted octanol–water partition coefficient (Wildman–Crippen LogP) is 5.13. The molecule has 0 aliphatic heterocycles. The molecule has 1 N–H and O–H groups in total. The quantitative estimate of drug-likeness (QED) is 0.303. The van der Waals surface area contributed by atoms with Crippen molar-refractivity contribution in [2.45, 2.75) is 52.6 Å². The third kappa shape index (κ3) is 9.42. The van der Waals surface area contributed by atoms with Gasteiger partial charge in [-0.15, -0.1) is 0 Å². The second kappa shape index (κ2) is 14.3. The molecule has 0 spiro atoms. The summed E-state index contributed by atoms with van der Waals surface area (Å²) in [6, 6.07) is 21.2. The minimum atomic E-state index is -3.85. The maximum Gasteiger partial charge on any atom is 0.244 e. The first-order chi connectivity index (χ1) is 19.3. The molecule has 1 atom stereocenters. The summed E-state index contributed by atoms with van der Waals surface area (Å²) in [4.78, 5) is 29.1. The number of halogens is 1. The molecule has 0 aliphatic rings. The molecule has 0 radical (unpaired) electrons. The monoisotopic (exact) mass is 581 g/mol. The summed E-state index contributed by atoms with van der Waals surface area (Å²) >= 11 is 0. The van der Waals surface area contributed by atoms with Gasteiger partial charge in [-0.1, -0.05) is 82.3 Å². The fourth-order valence-electron chi connectivity index (χ4n) is 4.40. The van der Waals surface area contributed by atoms with Crippen molar-refractivity contribution in [3.8, 4) is 0 Å². The van der Waals surface area contributed by atoms with E-state index in [9.17, 15) is 22.4 Å². The lowest BCUT2D eigenvalue weighted by Gasteiger charge is -2.33. The molecule has 0 unspecified atom stereocenters. The van der Waals surface area contributed by atoms with Crippen molar-refractivity contribution >= 4 is 27.5 Å². The van der Waals surface area contributed by atoms with Crippen LogP contribution in [0, 0.1) is 11.7 Å². The van der Waals surface area contributed by atoms with Crippen LogP contribution in [0.3, 0.4) is 0 Å². The number of anilines is 1. The van der Waals surface area contributed by atoms with Gasteiger partial charge in [-0.2, -0.15) is 0 Å². The fourth-order valence-corrected chi connectivity index (χ4v) is 5.25. The molecule has 41 heavy (non-hydrogen) atoms. The van der Waals surface area contributed by atoms with Crippen molar-refractivity contribution in [3.63, 3.8) is 0 Å². The van der Waals surface area contributed by atoms with Crippen molar-refractivity contribution in [1.82, 2.24) is 10.2 Å². The van der Waals surface area contributed by atoms with E-state index in [0.717, 1.165) is 21.7 Å². The van der Waals surface area contributed by atoms with Crippen LogP contribution in [0.25, 0.3) is 0 Å². The van der Waals surface area contributed by atoms with Gasteiger partial charge in [0.2, 0.25) is 21.8 Å². The Kier molecular flexibility index (Phi) is 11.1. The molecule has 3 aromatic carbocycles. The van der Waals surface area contributed by atoms with E-state index in [2.05, 4.69) is 5.32 Å². The van der Waals surface area contributed by atoms with E-state index in [1.165, 1.54) is 17.0 Å². The molecule has 0 saturated heterocycles. The number of sulfonamides is 1. The topological polar surface area (TPSA) is 86.8 Å². The van der Waals surface area contributed by atoms with Crippen molar-refractivity contribution < 1.29 is 22.4 Å². The Bertz CT molecular complexity index is 1390. The summed E-state index contributed by atoms with van der Waals surface area (Å²) in [5.41, 5.74) is 2.85. The molecule has 0 aromatic heterocycles. The molecular weight excluding hydrogens is 541 g/mol. The van der Waals surface area contributed by atoms with E-state index in [1.807, 2.05) is 70.2 Å². The van der Waals surface area contributed by atoms with Crippen molar-refractivity contribution in [2.24, 2.45) is 5.92 Å². The zero-order chi connectivity index (χ0) is 30.2. The minimum absolute atomic E-state index is 0.00436. The van der Waals surface area contributed by atoms with Crippen LogP contribution in [0.5, 0.6) is 0 Å². The Morgan fingerprint density at radius 3 is 2.00 bits per heavy atom. The summed E-state index contributed by atoms with van der Waals surface area (Å²) in [7, 11) is -3.85. The summed E-state index contributed by atoms with van der Waals surface area (Å²) in [6.45, 7) is 7.94. The number of nitrogens with one attached hydrogen (secondary N) is 1. The van der Waals surface area contributed by atoms with Crippen LogP contribution in [0.1, 0.15) is 50.3 Å². The van der Waals surface area contributed by atoms with Crippen LogP contribution < -0.4 is 9.62 Å². The lowest BCUT2D eigenvalue weighted by atomic mass is 10.0. The van der Waals surface area contributed by atoms with Gasteiger partial charge in [0.05, 0.1) is 11.9 Å². The van der Waals surface area contributed by atoms with E-state index in [1.54, 1.807) is 24.3 Å². The highest BCUT2D eigenvalue weighted by molar-refractivity contribution is 7.92. The second-order valence-corrected chi connectivity index (χ2v) is 12.9. The zero-order valence-corrected chi connectivity index (χ0v) is 25.2. The first-order valence-electron chi connectivity index (χ1n) is 13.8. The summed E-state index contributed by atoms with van der Waals surface area (Å²) in [5.74, 6) is -0.868. The van der Waals surface area contributed by atoms with Gasteiger partial charge in [0.1, 0.15) is 18.4 Å². The largest absolute Gasteiger partial charge is 0.354 e. The normalized spacial score (nSPS) is 12.3. The molecule has 0 aliphatic carbocycles. The molecular formula is C32H40FN3O4S.